The Morgan fingerprint density at radius 2 is 1.90 bits per heavy atom. The first kappa shape index (κ1) is 14.8. The van der Waals surface area contributed by atoms with Gasteiger partial charge in [-0.05, 0) is 41.9 Å². The molecule has 0 bridgehead atoms. The predicted molar refractivity (Wildman–Crippen MR) is 74.7 cm³/mol. The number of carbonyl (C=O) groups is 1. The summed E-state index contributed by atoms with van der Waals surface area (Å²) >= 11 is 3.39. The second kappa shape index (κ2) is 5.83. The van der Waals surface area contributed by atoms with Crippen molar-refractivity contribution in [2.24, 2.45) is 0 Å². The van der Waals surface area contributed by atoms with E-state index in [2.05, 4.69) is 21.0 Å². The third-order valence-electron chi connectivity index (χ3n) is 2.97. The Balaban J connectivity index is 2.32. The van der Waals surface area contributed by atoms with Gasteiger partial charge in [0.2, 0.25) is 0 Å². The van der Waals surface area contributed by atoms with E-state index in [0.717, 1.165) is 28.4 Å². The van der Waals surface area contributed by atoms with Crippen molar-refractivity contribution in [3.63, 3.8) is 0 Å². The zero-order chi connectivity index (χ0) is 14.9. The van der Waals surface area contributed by atoms with Crippen molar-refractivity contribution in [2.75, 3.05) is 0 Å². The fourth-order valence-electron chi connectivity index (χ4n) is 2.01. The normalized spacial score (nSPS) is 10.8. The average molecular weight is 343 g/mol. The standard InChI is InChI=1S/C14H13BrF2N2O/c1-3-19-12(14(15)8(2)18-19)7-13(20)9-4-10(16)6-11(17)5-9/h4-6H,3,7H2,1-2H3. The SMILES string of the molecule is CCn1nc(C)c(Br)c1CC(=O)c1cc(F)cc(F)c1. The molecule has 0 spiro atoms. The summed E-state index contributed by atoms with van der Waals surface area (Å²) in [6.45, 7) is 4.35. The topological polar surface area (TPSA) is 34.9 Å². The number of halogens is 3. The maximum absolute atomic E-state index is 13.1. The number of Topliss-reactive ketones (excluding diaryl/α,β-unsaturated/α-hetero) is 1. The van der Waals surface area contributed by atoms with Crippen molar-refractivity contribution < 1.29 is 13.6 Å². The lowest BCUT2D eigenvalue weighted by Gasteiger charge is -2.05. The molecular formula is C14H13BrF2N2O. The Morgan fingerprint density at radius 3 is 2.45 bits per heavy atom. The number of aromatic nitrogens is 2. The molecule has 1 heterocycles. The molecule has 0 N–H and O–H groups in total. The molecule has 0 saturated heterocycles. The lowest BCUT2D eigenvalue weighted by Crippen LogP contribution is -2.10. The van der Waals surface area contributed by atoms with E-state index in [1.54, 1.807) is 4.68 Å². The number of nitrogens with zero attached hydrogens (tertiary/aromatic N) is 2. The van der Waals surface area contributed by atoms with E-state index in [-0.39, 0.29) is 17.8 Å². The minimum atomic E-state index is -0.757. The van der Waals surface area contributed by atoms with E-state index in [0.29, 0.717) is 12.2 Å². The lowest BCUT2D eigenvalue weighted by molar-refractivity contribution is 0.0989. The number of rotatable bonds is 4. The highest BCUT2D eigenvalue weighted by Crippen LogP contribution is 2.23. The van der Waals surface area contributed by atoms with Crippen LogP contribution in [0.3, 0.4) is 0 Å². The van der Waals surface area contributed by atoms with Crippen molar-refractivity contribution >= 4 is 21.7 Å². The molecular weight excluding hydrogens is 330 g/mol. The predicted octanol–water partition coefficient (Wildman–Crippen LogP) is 3.68. The third kappa shape index (κ3) is 2.95. The smallest absolute Gasteiger partial charge is 0.169 e. The van der Waals surface area contributed by atoms with Crippen LogP contribution >= 0.6 is 15.9 Å². The molecule has 1 aromatic carbocycles. The molecule has 0 aliphatic carbocycles. The van der Waals surface area contributed by atoms with Gasteiger partial charge < -0.3 is 0 Å². The van der Waals surface area contributed by atoms with E-state index in [9.17, 15) is 13.6 Å². The molecule has 0 fully saturated rings. The summed E-state index contributed by atoms with van der Waals surface area (Å²) in [4.78, 5) is 12.2. The third-order valence-corrected chi connectivity index (χ3v) is 4.00. The van der Waals surface area contributed by atoms with Gasteiger partial charge in [0.1, 0.15) is 11.6 Å². The van der Waals surface area contributed by atoms with Gasteiger partial charge >= 0.3 is 0 Å². The summed E-state index contributed by atoms with van der Waals surface area (Å²) in [5.41, 5.74) is 1.51. The van der Waals surface area contributed by atoms with E-state index in [1.165, 1.54) is 0 Å². The number of hydrogen-bond donors (Lipinski definition) is 0. The largest absolute Gasteiger partial charge is 0.294 e. The number of benzene rings is 1. The van der Waals surface area contributed by atoms with Crippen molar-refractivity contribution in [1.82, 2.24) is 9.78 Å². The lowest BCUT2D eigenvalue weighted by atomic mass is 10.1. The minimum Gasteiger partial charge on any atom is -0.294 e. The van der Waals surface area contributed by atoms with Gasteiger partial charge in [0, 0.05) is 18.2 Å². The summed E-state index contributed by atoms with van der Waals surface area (Å²) in [6.07, 6.45) is 0.0398. The number of aryl methyl sites for hydroxylation is 2. The molecule has 0 saturated carbocycles. The zero-order valence-corrected chi connectivity index (χ0v) is 12.7. The Morgan fingerprint density at radius 1 is 1.30 bits per heavy atom. The molecule has 2 aromatic rings. The summed E-state index contributed by atoms with van der Waals surface area (Å²) in [7, 11) is 0. The molecule has 2 rings (SSSR count). The quantitative estimate of drug-likeness (QED) is 0.794. The first-order chi connectivity index (χ1) is 9.42. The molecule has 0 aliphatic heterocycles. The van der Waals surface area contributed by atoms with Crippen LogP contribution in [0, 0.1) is 18.6 Å². The number of hydrogen-bond acceptors (Lipinski definition) is 2. The van der Waals surface area contributed by atoms with Gasteiger partial charge in [0.15, 0.2) is 5.78 Å². The van der Waals surface area contributed by atoms with Gasteiger partial charge in [-0.1, -0.05) is 0 Å². The first-order valence-corrected chi connectivity index (χ1v) is 6.92. The maximum atomic E-state index is 13.1. The molecule has 20 heavy (non-hydrogen) atoms. The highest BCUT2D eigenvalue weighted by Gasteiger charge is 2.17. The van der Waals surface area contributed by atoms with Gasteiger partial charge in [0.25, 0.3) is 0 Å². The van der Waals surface area contributed by atoms with Crippen molar-refractivity contribution in [3.8, 4) is 0 Å². The van der Waals surface area contributed by atoms with Crippen LogP contribution in [0.4, 0.5) is 8.78 Å². The molecule has 0 aliphatic rings. The minimum absolute atomic E-state index is 0.0240. The Hall–Kier alpha value is -1.56. The van der Waals surface area contributed by atoms with Crippen LogP contribution in [0.15, 0.2) is 22.7 Å². The monoisotopic (exact) mass is 342 g/mol. The maximum Gasteiger partial charge on any atom is 0.169 e. The van der Waals surface area contributed by atoms with Gasteiger partial charge in [-0.2, -0.15) is 5.10 Å². The van der Waals surface area contributed by atoms with Gasteiger partial charge in [0.05, 0.1) is 22.3 Å². The molecule has 0 unspecified atom stereocenters. The average Bonchev–Trinajstić information content (AvgIpc) is 2.65. The van der Waals surface area contributed by atoms with Crippen LogP contribution in [0.25, 0.3) is 0 Å². The van der Waals surface area contributed by atoms with Crippen molar-refractivity contribution in [1.29, 1.82) is 0 Å². The number of carbonyl (C=O) groups excluding carboxylic acids is 1. The van der Waals surface area contributed by atoms with E-state index < -0.39 is 11.6 Å². The van der Waals surface area contributed by atoms with Crippen LogP contribution < -0.4 is 0 Å². The van der Waals surface area contributed by atoms with Crippen LogP contribution in [-0.2, 0) is 13.0 Å². The molecule has 106 valence electrons. The van der Waals surface area contributed by atoms with Crippen LogP contribution in [0.1, 0.15) is 28.7 Å². The molecule has 3 nitrogen and oxygen atoms in total. The van der Waals surface area contributed by atoms with Gasteiger partial charge in [-0.15, -0.1) is 0 Å². The second-order valence-corrected chi connectivity index (χ2v) is 5.21. The van der Waals surface area contributed by atoms with Crippen LogP contribution in [0.5, 0.6) is 0 Å². The Labute approximate surface area is 123 Å². The Kier molecular flexibility index (Phi) is 4.32. The van der Waals surface area contributed by atoms with E-state index in [1.807, 2.05) is 13.8 Å². The fraction of sp³-hybridized carbons (Fsp3) is 0.286. The Bertz CT molecular complexity index is 647. The van der Waals surface area contributed by atoms with E-state index >= 15 is 0 Å². The highest BCUT2D eigenvalue weighted by atomic mass is 79.9. The van der Waals surface area contributed by atoms with Gasteiger partial charge in [-0.25, -0.2) is 8.78 Å². The number of ketones is 1. The summed E-state index contributed by atoms with van der Waals surface area (Å²) in [6, 6.07) is 2.82. The molecule has 6 heteroatoms. The summed E-state index contributed by atoms with van der Waals surface area (Å²) < 4.78 is 28.7. The summed E-state index contributed by atoms with van der Waals surface area (Å²) in [5.74, 6) is -1.86. The molecule has 1 aromatic heterocycles. The van der Waals surface area contributed by atoms with Crippen molar-refractivity contribution in [2.45, 2.75) is 26.8 Å². The van der Waals surface area contributed by atoms with Crippen molar-refractivity contribution in [3.05, 3.63) is 51.3 Å². The fourth-order valence-corrected chi connectivity index (χ4v) is 2.43. The van der Waals surface area contributed by atoms with E-state index in [4.69, 9.17) is 0 Å². The zero-order valence-electron chi connectivity index (χ0n) is 11.1. The summed E-state index contributed by atoms with van der Waals surface area (Å²) in [5, 5.41) is 4.28. The van der Waals surface area contributed by atoms with Crippen LogP contribution in [0.2, 0.25) is 0 Å². The second-order valence-electron chi connectivity index (χ2n) is 4.42. The van der Waals surface area contributed by atoms with Crippen LogP contribution in [-0.4, -0.2) is 15.6 Å². The van der Waals surface area contributed by atoms with Gasteiger partial charge in [-0.3, -0.25) is 9.48 Å². The molecule has 0 radical (unpaired) electrons. The highest BCUT2D eigenvalue weighted by molar-refractivity contribution is 9.10. The first-order valence-electron chi connectivity index (χ1n) is 6.13. The molecule has 0 amide bonds. The molecule has 0 atom stereocenters.